The summed E-state index contributed by atoms with van der Waals surface area (Å²) in [5, 5.41) is 0. The molecule has 20 heavy (non-hydrogen) atoms. The quantitative estimate of drug-likeness (QED) is 0.483. The van der Waals surface area contributed by atoms with Crippen LogP contribution in [0.5, 0.6) is 0 Å². The van der Waals surface area contributed by atoms with E-state index >= 15 is 0 Å². The van der Waals surface area contributed by atoms with Crippen LogP contribution < -0.4 is 0 Å². The van der Waals surface area contributed by atoms with Crippen LogP contribution in [0, 0.1) is 0 Å². The molecular weight excluding hydrogens is 282 g/mol. The van der Waals surface area contributed by atoms with Crippen LogP contribution in [0.1, 0.15) is 33.6 Å². The summed E-state index contributed by atoms with van der Waals surface area (Å²) in [6.45, 7) is 9.19. The third-order valence-electron chi connectivity index (χ3n) is 2.85. The van der Waals surface area contributed by atoms with Crippen molar-refractivity contribution in [2.75, 3.05) is 26.7 Å². The van der Waals surface area contributed by atoms with E-state index in [4.69, 9.17) is 4.74 Å². The number of hydrogen-bond donors (Lipinski definition) is 0. The van der Waals surface area contributed by atoms with E-state index < -0.39 is 11.9 Å². The number of rotatable bonds is 9. The van der Waals surface area contributed by atoms with Gasteiger partial charge in [0.15, 0.2) is 0 Å². The average molecular weight is 308 g/mol. The molecule has 6 heteroatoms. The highest BCUT2D eigenvalue weighted by Crippen LogP contribution is 2.04. The normalized spacial score (nSPS) is 12.1. The van der Waals surface area contributed by atoms with Crippen LogP contribution in [0.15, 0.2) is 12.2 Å². The Morgan fingerprint density at radius 3 is 2.20 bits per heavy atom. The Labute approximate surface area is 127 Å². The van der Waals surface area contributed by atoms with Crippen molar-refractivity contribution in [2.45, 2.75) is 39.7 Å². The van der Waals surface area contributed by atoms with Crippen molar-refractivity contribution in [3.63, 3.8) is 0 Å². The molecule has 118 valence electrons. The molecule has 0 saturated carbocycles. The van der Waals surface area contributed by atoms with E-state index in [0.29, 0.717) is 0 Å². The second-order valence-corrected chi connectivity index (χ2v) is 4.27. The fourth-order valence-corrected chi connectivity index (χ4v) is 1.64. The van der Waals surface area contributed by atoms with Gasteiger partial charge in [-0.05, 0) is 39.4 Å². The fourth-order valence-electron chi connectivity index (χ4n) is 1.64. The molecule has 0 aliphatic heterocycles. The number of carbonyl (C=O) groups is 2. The van der Waals surface area contributed by atoms with Gasteiger partial charge in [-0.15, -0.1) is 12.4 Å². The standard InChI is InChI=1S/C14H25NO4.ClH/c1-5-15(6-2)11-7-8-12(3)19-14(17)10-9-13(16)18-4;/h9-10,12H,5-8,11H2,1-4H3;1H/b10-9+;. The summed E-state index contributed by atoms with van der Waals surface area (Å²) in [7, 11) is 1.26. The van der Waals surface area contributed by atoms with E-state index in [-0.39, 0.29) is 18.5 Å². The summed E-state index contributed by atoms with van der Waals surface area (Å²) in [4.78, 5) is 24.5. The molecule has 0 N–H and O–H groups in total. The number of halogens is 1. The van der Waals surface area contributed by atoms with Gasteiger partial charge in [0.05, 0.1) is 13.2 Å². The van der Waals surface area contributed by atoms with Crippen LogP contribution in [-0.4, -0.2) is 49.7 Å². The van der Waals surface area contributed by atoms with Crippen molar-refractivity contribution >= 4 is 24.3 Å². The molecule has 0 heterocycles. The summed E-state index contributed by atoms with van der Waals surface area (Å²) in [5.41, 5.74) is 0. The van der Waals surface area contributed by atoms with Gasteiger partial charge in [-0.1, -0.05) is 13.8 Å². The van der Waals surface area contributed by atoms with Crippen LogP contribution >= 0.6 is 12.4 Å². The molecule has 1 unspecified atom stereocenters. The SMILES string of the molecule is CCN(CC)CCCC(C)OC(=O)/C=C/C(=O)OC.Cl. The van der Waals surface area contributed by atoms with E-state index in [1.807, 2.05) is 6.92 Å². The molecule has 0 spiro atoms. The van der Waals surface area contributed by atoms with Crippen molar-refractivity contribution in [3.8, 4) is 0 Å². The molecule has 0 aliphatic rings. The maximum atomic E-state index is 11.4. The summed E-state index contributed by atoms with van der Waals surface area (Å²) in [5.74, 6) is -1.08. The summed E-state index contributed by atoms with van der Waals surface area (Å²) in [6.07, 6.45) is 3.80. The first-order valence-corrected chi connectivity index (χ1v) is 6.72. The topological polar surface area (TPSA) is 55.8 Å². The molecule has 0 fully saturated rings. The smallest absolute Gasteiger partial charge is 0.331 e. The molecule has 0 aliphatic carbocycles. The molecule has 0 aromatic carbocycles. The third kappa shape index (κ3) is 10.8. The average Bonchev–Trinajstić information content (AvgIpc) is 2.40. The van der Waals surface area contributed by atoms with Crippen LogP contribution in [0.2, 0.25) is 0 Å². The lowest BCUT2D eigenvalue weighted by molar-refractivity contribution is -0.143. The predicted molar refractivity (Wildman–Crippen MR) is 81.0 cm³/mol. The minimum atomic E-state index is -0.564. The molecule has 1 atom stereocenters. The second kappa shape index (κ2) is 12.9. The monoisotopic (exact) mass is 307 g/mol. The van der Waals surface area contributed by atoms with Gasteiger partial charge < -0.3 is 14.4 Å². The number of esters is 2. The van der Waals surface area contributed by atoms with Crippen molar-refractivity contribution in [3.05, 3.63) is 12.2 Å². The molecular formula is C14H26ClNO4. The van der Waals surface area contributed by atoms with Gasteiger partial charge in [-0.25, -0.2) is 9.59 Å². The van der Waals surface area contributed by atoms with Crippen molar-refractivity contribution in [1.82, 2.24) is 4.90 Å². The van der Waals surface area contributed by atoms with Crippen molar-refractivity contribution in [1.29, 1.82) is 0 Å². The molecule has 0 saturated heterocycles. The molecule has 0 rings (SSSR count). The number of ether oxygens (including phenoxy) is 2. The van der Waals surface area contributed by atoms with E-state index in [1.165, 1.54) is 7.11 Å². The van der Waals surface area contributed by atoms with Crippen LogP contribution in [-0.2, 0) is 19.1 Å². The number of carbonyl (C=O) groups excluding carboxylic acids is 2. The van der Waals surface area contributed by atoms with E-state index in [1.54, 1.807) is 0 Å². The predicted octanol–water partition coefficient (Wildman–Crippen LogP) is 2.19. The zero-order valence-corrected chi connectivity index (χ0v) is 13.6. The Bertz CT molecular complexity index is 304. The minimum Gasteiger partial charge on any atom is -0.466 e. The highest BCUT2D eigenvalue weighted by molar-refractivity contribution is 5.91. The van der Waals surface area contributed by atoms with E-state index in [2.05, 4.69) is 23.5 Å². The lowest BCUT2D eigenvalue weighted by atomic mass is 10.2. The first kappa shape index (κ1) is 21.2. The second-order valence-electron chi connectivity index (χ2n) is 4.27. The van der Waals surface area contributed by atoms with E-state index in [9.17, 15) is 9.59 Å². The molecule has 0 amide bonds. The third-order valence-corrected chi connectivity index (χ3v) is 2.85. The highest BCUT2D eigenvalue weighted by Gasteiger charge is 2.08. The molecule has 0 bridgehead atoms. The fraction of sp³-hybridized carbons (Fsp3) is 0.714. The number of hydrogen-bond acceptors (Lipinski definition) is 5. The Morgan fingerprint density at radius 2 is 1.70 bits per heavy atom. The first-order valence-electron chi connectivity index (χ1n) is 6.72. The van der Waals surface area contributed by atoms with Crippen LogP contribution in [0.25, 0.3) is 0 Å². The van der Waals surface area contributed by atoms with Gasteiger partial charge in [-0.3, -0.25) is 0 Å². The largest absolute Gasteiger partial charge is 0.466 e. The van der Waals surface area contributed by atoms with Gasteiger partial charge in [0.2, 0.25) is 0 Å². The summed E-state index contributed by atoms with van der Waals surface area (Å²) >= 11 is 0. The Hall–Kier alpha value is -1.07. The van der Waals surface area contributed by atoms with Gasteiger partial charge in [0.1, 0.15) is 0 Å². The zero-order chi connectivity index (χ0) is 14.7. The maximum absolute atomic E-state index is 11.4. The number of methoxy groups -OCH3 is 1. The lowest BCUT2D eigenvalue weighted by Gasteiger charge is -2.19. The van der Waals surface area contributed by atoms with Gasteiger partial charge >= 0.3 is 11.9 Å². The maximum Gasteiger partial charge on any atom is 0.331 e. The van der Waals surface area contributed by atoms with Crippen LogP contribution in [0.3, 0.4) is 0 Å². The lowest BCUT2D eigenvalue weighted by Crippen LogP contribution is -2.25. The summed E-state index contributed by atoms with van der Waals surface area (Å²) < 4.78 is 9.52. The van der Waals surface area contributed by atoms with Crippen molar-refractivity contribution < 1.29 is 19.1 Å². The Morgan fingerprint density at radius 1 is 1.15 bits per heavy atom. The zero-order valence-electron chi connectivity index (χ0n) is 12.8. The van der Waals surface area contributed by atoms with Gasteiger partial charge in [0, 0.05) is 12.2 Å². The van der Waals surface area contributed by atoms with Gasteiger partial charge in [-0.2, -0.15) is 0 Å². The first-order chi connectivity index (χ1) is 9.03. The van der Waals surface area contributed by atoms with Crippen molar-refractivity contribution in [2.24, 2.45) is 0 Å². The molecule has 5 nitrogen and oxygen atoms in total. The highest BCUT2D eigenvalue weighted by atomic mass is 35.5. The summed E-state index contributed by atoms with van der Waals surface area (Å²) in [6, 6.07) is 0. The molecule has 0 radical (unpaired) electrons. The Balaban J connectivity index is 0. The molecule has 0 aromatic rings. The van der Waals surface area contributed by atoms with E-state index in [0.717, 1.165) is 44.6 Å². The molecule has 0 aromatic heterocycles. The number of nitrogens with zero attached hydrogens (tertiary/aromatic N) is 1. The minimum absolute atomic E-state index is 0. The Kier molecular flexibility index (Phi) is 13.7. The van der Waals surface area contributed by atoms with Crippen LogP contribution in [0.4, 0.5) is 0 Å². The van der Waals surface area contributed by atoms with Gasteiger partial charge in [0.25, 0.3) is 0 Å².